The molecule has 2 rings (SSSR count). The van der Waals surface area contributed by atoms with Crippen molar-refractivity contribution >= 4 is 21.6 Å². The summed E-state index contributed by atoms with van der Waals surface area (Å²) in [5.74, 6) is 1.69. The summed E-state index contributed by atoms with van der Waals surface area (Å²) in [5.41, 5.74) is 8.48. The summed E-state index contributed by atoms with van der Waals surface area (Å²) in [5, 5.41) is 0. The van der Waals surface area contributed by atoms with Gasteiger partial charge in [-0.3, -0.25) is 0 Å². The molecule has 1 aliphatic rings. The van der Waals surface area contributed by atoms with Crippen LogP contribution in [0.4, 0.5) is 5.69 Å². The van der Waals surface area contributed by atoms with E-state index in [1.165, 1.54) is 43.6 Å². The first-order valence-corrected chi connectivity index (χ1v) is 8.58. The minimum Gasteiger partial charge on any atom is -0.371 e. The second-order valence-electron chi connectivity index (χ2n) is 6.42. The molecule has 0 radical (unpaired) electrons. The molecule has 2 atom stereocenters. The Bertz CT molecular complexity index is 443. The highest BCUT2D eigenvalue weighted by Crippen LogP contribution is 2.31. The fourth-order valence-corrected chi connectivity index (χ4v) is 3.86. The zero-order chi connectivity index (χ0) is 14.7. The second-order valence-corrected chi connectivity index (χ2v) is 7.27. The van der Waals surface area contributed by atoms with Crippen LogP contribution >= 0.6 is 15.9 Å². The molecule has 0 aromatic heterocycles. The van der Waals surface area contributed by atoms with Crippen molar-refractivity contribution in [3.05, 3.63) is 28.2 Å². The molecule has 2 N–H and O–H groups in total. The number of nitrogens with zero attached hydrogens (tertiary/aromatic N) is 1. The Hall–Kier alpha value is -0.540. The van der Waals surface area contributed by atoms with Crippen molar-refractivity contribution in [2.24, 2.45) is 17.6 Å². The van der Waals surface area contributed by atoms with Crippen molar-refractivity contribution in [2.75, 3.05) is 18.0 Å². The van der Waals surface area contributed by atoms with E-state index < -0.39 is 0 Å². The third kappa shape index (κ3) is 3.76. The fourth-order valence-electron chi connectivity index (χ4n) is 3.13. The molecule has 1 saturated heterocycles. The molecule has 0 aliphatic carbocycles. The van der Waals surface area contributed by atoms with Crippen molar-refractivity contribution in [3.8, 4) is 0 Å². The van der Waals surface area contributed by atoms with E-state index in [9.17, 15) is 0 Å². The Balaban J connectivity index is 2.10. The maximum absolute atomic E-state index is 5.98. The van der Waals surface area contributed by atoms with Crippen LogP contribution in [0.15, 0.2) is 22.7 Å². The van der Waals surface area contributed by atoms with E-state index in [0.717, 1.165) is 16.3 Å². The van der Waals surface area contributed by atoms with Crippen LogP contribution in [0.1, 0.15) is 51.6 Å². The molecule has 1 fully saturated rings. The number of hydrogen-bond donors (Lipinski definition) is 1. The summed E-state index contributed by atoms with van der Waals surface area (Å²) in [6, 6.07) is 6.69. The Morgan fingerprint density at radius 3 is 2.55 bits per heavy atom. The minimum absolute atomic E-state index is 0.0767. The van der Waals surface area contributed by atoms with Gasteiger partial charge in [-0.1, -0.05) is 35.8 Å². The standard InChI is InChI=1S/C17H27BrN2/c1-12(2)14-5-4-9-20(10-8-14)15-6-7-16(13(3)19)17(18)11-15/h6-7,11-14H,4-5,8-10,19H2,1-3H3. The van der Waals surface area contributed by atoms with E-state index in [1.54, 1.807) is 0 Å². The van der Waals surface area contributed by atoms with Crippen LogP contribution in [-0.2, 0) is 0 Å². The van der Waals surface area contributed by atoms with Crippen LogP contribution in [0, 0.1) is 11.8 Å². The lowest BCUT2D eigenvalue weighted by Crippen LogP contribution is -2.24. The number of anilines is 1. The smallest absolute Gasteiger partial charge is 0.0377 e. The Morgan fingerprint density at radius 2 is 1.95 bits per heavy atom. The van der Waals surface area contributed by atoms with Gasteiger partial charge in [0.05, 0.1) is 0 Å². The topological polar surface area (TPSA) is 29.3 Å². The predicted octanol–water partition coefficient (Wildman–Crippen LogP) is 4.73. The molecule has 2 nitrogen and oxygen atoms in total. The lowest BCUT2D eigenvalue weighted by molar-refractivity contribution is 0.351. The molecule has 3 heteroatoms. The normalized spacial score (nSPS) is 21.9. The molecule has 1 aromatic rings. The van der Waals surface area contributed by atoms with E-state index in [4.69, 9.17) is 5.73 Å². The highest BCUT2D eigenvalue weighted by molar-refractivity contribution is 9.10. The lowest BCUT2D eigenvalue weighted by atomic mass is 9.89. The average molecular weight is 339 g/mol. The van der Waals surface area contributed by atoms with Gasteiger partial charge in [0, 0.05) is 29.3 Å². The van der Waals surface area contributed by atoms with Crippen LogP contribution in [0.3, 0.4) is 0 Å². The van der Waals surface area contributed by atoms with Crippen molar-refractivity contribution in [3.63, 3.8) is 0 Å². The number of rotatable bonds is 3. The fraction of sp³-hybridized carbons (Fsp3) is 0.647. The summed E-state index contributed by atoms with van der Waals surface area (Å²) >= 11 is 3.66. The second kappa shape index (κ2) is 6.95. The molecule has 1 aliphatic heterocycles. The number of nitrogens with two attached hydrogens (primary N) is 1. The van der Waals surface area contributed by atoms with Gasteiger partial charge >= 0.3 is 0 Å². The van der Waals surface area contributed by atoms with E-state index in [1.807, 2.05) is 6.92 Å². The molecule has 0 amide bonds. The highest BCUT2D eigenvalue weighted by Gasteiger charge is 2.20. The maximum Gasteiger partial charge on any atom is 0.0377 e. The Labute approximate surface area is 131 Å². The molecular weight excluding hydrogens is 312 g/mol. The first-order valence-electron chi connectivity index (χ1n) is 7.79. The highest BCUT2D eigenvalue weighted by atomic mass is 79.9. The van der Waals surface area contributed by atoms with Gasteiger partial charge < -0.3 is 10.6 Å². The molecule has 0 saturated carbocycles. The van der Waals surface area contributed by atoms with Gasteiger partial charge in [-0.15, -0.1) is 0 Å². The van der Waals surface area contributed by atoms with Crippen LogP contribution in [0.5, 0.6) is 0 Å². The molecule has 112 valence electrons. The van der Waals surface area contributed by atoms with E-state index in [-0.39, 0.29) is 6.04 Å². The van der Waals surface area contributed by atoms with Crippen molar-refractivity contribution in [2.45, 2.75) is 46.1 Å². The van der Waals surface area contributed by atoms with Gasteiger partial charge in [0.1, 0.15) is 0 Å². The summed E-state index contributed by atoms with van der Waals surface area (Å²) in [6.07, 6.45) is 3.98. The van der Waals surface area contributed by atoms with Crippen LogP contribution < -0.4 is 10.6 Å². The number of hydrogen-bond acceptors (Lipinski definition) is 2. The molecule has 2 unspecified atom stereocenters. The van der Waals surface area contributed by atoms with Gasteiger partial charge in [-0.05, 0) is 55.7 Å². The Kier molecular flexibility index (Phi) is 5.50. The van der Waals surface area contributed by atoms with Crippen LogP contribution in [0.25, 0.3) is 0 Å². The van der Waals surface area contributed by atoms with Crippen LogP contribution in [0.2, 0.25) is 0 Å². The maximum atomic E-state index is 5.98. The first-order chi connectivity index (χ1) is 9.49. The number of halogens is 1. The molecular formula is C17H27BrN2. The SMILES string of the molecule is CC(N)c1ccc(N2CCCC(C(C)C)CC2)cc1Br. The zero-order valence-electron chi connectivity index (χ0n) is 12.9. The summed E-state index contributed by atoms with van der Waals surface area (Å²) < 4.78 is 1.13. The van der Waals surface area contributed by atoms with E-state index in [2.05, 4.69) is 52.9 Å². The van der Waals surface area contributed by atoms with E-state index in [0.29, 0.717) is 0 Å². The van der Waals surface area contributed by atoms with E-state index >= 15 is 0 Å². The van der Waals surface area contributed by atoms with Crippen molar-refractivity contribution in [1.82, 2.24) is 0 Å². The predicted molar refractivity (Wildman–Crippen MR) is 91.1 cm³/mol. The summed E-state index contributed by atoms with van der Waals surface area (Å²) in [4.78, 5) is 2.53. The monoisotopic (exact) mass is 338 g/mol. The van der Waals surface area contributed by atoms with Gasteiger partial charge in [-0.2, -0.15) is 0 Å². The Morgan fingerprint density at radius 1 is 1.20 bits per heavy atom. The molecule has 1 aromatic carbocycles. The quantitative estimate of drug-likeness (QED) is 0.862. The van der Waals surface area contributed by atoms with Gasteiger partial charge in [0.15, 0.2) is 0 Å². The molecule has 0 bridgehead atoms. The van der Waals surface area contributed by atoms with Crippen molar-refractivity contribution in [1.29, 1.82) is 0 Å². The first kappa shape index (κ1) is 15.8. The summed E-state index contributed by atoms with van der Waals surface area (Å²) in [7, 11) is 0. The van der Waals surface area contributed by atoms with Gasteiger partial charge in [-0.25, -0.2) is 0 Å². The average Bonchev–Trinajstić information content (AvgIpc) is 2.63. The zero-order valence-corrected chi connectivity index (χ0v) is 14.5. The van der Waals surface area contributed by atoms with Crippen molar-refractivity contribution < 1.29 is 0 Å². The third-order valence-electron chi connectivity index (χ3n) is 4.56. The number of benzene rings is 1. The van der Waals surface area contributed by atoms with Gasteiger partial charge in [0.25, 0.3) is 0 Å². The molecule has 0 spiro atoms. The molecule has 1 heterocycles. The third-order valence-corrected chi connectivity index (χ3v) is 5.24. The minimum atomic E-state index is 0.0767. The lowest BCUT2D eigenvalue weighted by Gasteiger charge is -2.24. The largest absolute Gasteiger partial charge is 0.371 e. The van der Waals surface area contributed by atoms with Crippen LogP contribution in [-0.4, -0.2) is 13.1 Å². The molecule has 20 heavy (non-hydrogen) atoms. The van der Waals surface area contributed by atoms with Gasteiger partial charge in [0.2, 0.25) is 0 Å². The summed E-state index contributed by atoms with van der Waals surface area (Å²) in [6.45, 7) is 9.08.